The van der Waals surface area contributed by atoms with Gasteiger partial charge in [-0.2, -0.15) is 0 Å². The van der Waals surface area contributed by atoms with E-state index in [1.807, 2.05) is 41.3 Å². The summed E-state index contributed by atoms with van der Waals surface area (Å²) in [5.74, 6) is 0.786. The molecule has 1 aliphatic rings. The third-order valence-corrected chi connectivity index (χ3v) is 4.67. The van der Waals surface area contributed by atoms with Crippen molar-refractivity contribution in [2.75, 3.05) is 20.2 Å². The number of carbonyl (C=O) groups is 2. The number of rotatable bonds is 3. The van der Waals surface area contributed by atoms with E-state index in [-0.39, 0.29) is 17.6 Å². The Morgan fingerprint density at radius 2 is 1.78 bits per heavy atom. The van der Waals surface area contributed by atoms with E-state index in [9.17, 15) is 9.59 Å². The number of hydrogen-bond acceptors (Lipinski definition) is 3. The van der Waals surface area contributed by atoms with E-state index in [1.165, 1.54) is 0 Å². The van der Waals surface area contributed by atoms with Crippen LogP contribution in [0, 0.1) is 5.92 Å². The van der Waals surface area contributed by atoms with E-state index in [0.29, 0.717) is 37.2 Å². The van der Waals surface area contributed by atoms with Crippen LogP contribution in [0.15, 0.2) is 36.4 Å². The van der Waals surface area contributed by atoms with Crippen LogP contribution in [-0.2, 0) is 4.79 Å². The van der Waals surface area contributed by atoms with E-state index in [1.54, 1.807) is 14.0 Å². The Morgan fingerprint density at radius 3 is 2.43 bits per heavy atom. The van der Waals surface area contributed by atoms with Crippen LogP contribution < -0.4 is 4.74 Å². The molecule has 0 aliphatic carbocycles. The maximum absolute atomic E-state index is 13.1. The zero-order valence-corrected chi connectivity index (χ0v) is 13.5. The van der Waals surface area contributed by atoms with Crippen molar-refractivity contribution in [3.63, 3.8) is 0 Å². The summed E-state index contributed by atoms with van der Waals surface area (Å²) >= 11 is 0. The van der Waals surface area contributed by atoms with E-state index >= 15 is 0 Å². The number of benzene rings is 2. The topological polar surface area (TPSA) is 46.6 Å². The molecule has 2 aromatic carbocycles. The highest BCUT2D eigenvalue weighted by Gasteiger charge is 2.29. The van der Waals surface area contributed by atoms with Gasteiger partial charge in [-0.15, -0.1) is 0 Å². The van der Waals surface area contributed by atoms with Gasteiger partial charge in [0.1, 0.15) is 5.75 Å². The first-order chi connectivity index (χ1) is 11.1. The molecule has 0 N–H and O–H groups in total. The first-order valence-corrected chi connectivity index (χ1v) is 7.97. The molecule has 1 aliphatic heterocycles. The van der Waals surface area contributed by atoms with Gasteiger partial charge in [0.2, 0.25) is 5.91 Å². The lowest BCUT2D eigenvalue weighted by Crippen LogP contribution is -2.39. The van der Waals surface area contributed by atoms with Crippen molar-refractivity contribution in [3.8, 4) is 5.75 Å². The number of likely N-dealkylation sites (tertiary alicyclic amines) is 1. The molecule has 23 heavy (non-hydrogen) atoms. The molecule has 0 bridgehead atoms. The summed E-state index contributed by atoms with van der Waals surface area (Å²) < 4.78 is 5.44. The predicted molar refractivity (Wildman–Crippen MR) is 89.8 cm³/mol. The number of hydrogen-bond donors (Lipinski definition) is 0. The third-order valence-electron chi connectivity index (χ3n) is 4.67. The van der Waals surface area contributed by atoms with Gasteiger partial charge in [-0.1, -0.05) is 30.3 Å². The molecule has 0 atom stereocenters. The number of piperidine rings is 1. The fourth-order valence-electron chi connectivity index (χ4n) is 3.34. The van der Waals surface area contributed by atoms with Crippen molar-refractivity contribution < 1.29 is 14.3 Å². The van der Waals surface area contributed by atoms with Crippen LogP contribution in [0.2, 0.25) is 0 Å². The Morgan fingerprint density at radius 1 is 1.09 bits per heavy atom. The van der Waals surface area contributed by atoms with Gasteiger partial charge in [-0.25, -0.2) is 0 Å². The number of ether oxygens (including phenoxy) is 1. The highest BCUT2D eigenvalue weighted by Crippen LogP contribution is 2.32. The highest BCUT2D eigenvalue weighted by atomic mass is 16.5. The molecular weight excluding hydrogens is 290 g/mol. The molecule has 1 heterocycles. The largest absolute Gasteiger partial charge is 0.496 e. The van der Waals surface area contributed by atoms with Crippen LogP contribution >= 0.6 is 0 Å². The van der Waals surface area contributed by atoms with Gasteiger partial charge in [0.25, 0.3) is 0 Å². The van der Waals surface area contributed by atoms with Crippen LogP contribution in [0.1, 0.15) is 30.1 Å². The molecule has 1 fully saturated rings. The number of fused-ring (bicyclic) bond motifs is 1. The third kappa shape index (κ3) is 2.93. The van der Waals surface area contributed by atoms with Crippen LogP contribution in [0.5, 0.6) is 5.75 Å². The van der Waals surface area contributed by atoms with Crippen molar-refractivity contribution >= 4 is 22.5 Å². The number of methoxy groups -OCH3 is 1. The number of Topliss-reactive ketones (excluding diaryl/α,β-unsaturated/α-hetero) is 1. The molecule has 120 valence electrons. The average Bonchev–Trinajstić information content (AvgIpc) is 2.60. The van der Waals surface area contributed by atoms with E-state index < -0.39 is 0 Å². The van der Waals surface area contributed by atoms with Crippen molar-refractivity contribution in [1.82, 2.24) is 4.90 Å². The minimum atomic E-state index is -0.0506. The van der Waals surface area contributed by atoms with Gasteiger partial charge >= 0.3 is 0 Å². The SMILES string of the molecule is COc1ccc2ccccc2c1C(=O)C1CCN(C(C)=O)CC1. The molecule has 1 amide bonds. The summed E-state index contributed by atoms with van der Waals surface area (Å²) in [5.41, 5.74) is 0.673. The maximum Gasteiger partial charge on any atom is 0.219 e. The van der Waals surface area contributed by atoms with Crippen LogP contribution in [0.3, 0.4) is 0 Å². The fourth-order valence-corrected chi connectivity index (χ4v) is 3.34. The van der Waals surface area contributed by atoms with E-state index in [2.05, 4.69) is 0 Å². The van der Waals surface area contributed by atoms with Crippen molar-refractivity contribution in [3.05, 3.63) is 42.0 Å². The lowest BCUT2D eigenvalue weighted by atomic mass is 9.86. The second-order valence-corrected chi connectivity index (χ2v) is 6.01. The second-order valence-electron chi connectivity index (χ2n) is 6.01. The molecule has 0 saturated carbocycles. The molecular formula is C19H21NO3. The van der Waals surface area contributed by atoms with Crippen LogP contribution in [0.25, 0.3) is 10.8 Å². The minimum Gasteiger partial charge on any atom is -0.496 e. The number of carbonyl (C=O) groups excluding carboxylic acids is 2. The Labute approximate surface area is 136 Å². The van der Waals surface area contributed by atoms with Crippen LogP contribution in [-0.4, -0.2) is 36.8 Å². The quantitative estimate of drug-likeness (QED) is 0.817. The predicted octanol–water partition coefficient (Wildman–Crippen LogP) is 3.29. The first kappa shape index (κ1) is 15.5. The van der Waals surface area contributed by atoms with Gasteiger partial charge in [-0.05, 0) is 29.7 Å². The standard InChI is InChI=1S/C19H21NO3/c1-13(21)20-11-9-15(10-12-20)19(22)18-16-6-4-3-5-14(16)7-8-17(18)23-2/h3-8,15H,9-12H2,1-2H3. The second kappa shape index (κ2) is 6.41. The number of nitrogens with zero attached hydrogens (tertiary/aromatic N) is 1. The molecule has 4 nitrogen and oxygen atoms in total. The van der Waals surface area contributed by atoms with E-state index in [0.717, 1.165) is 10.8 Å². The number of amides is 1. The maximum atomic E-state index is 13.1. The molecule has 1 saturated heterocycles. The molecule has 0 radical (unpaired) electrons. The smallest absolute Gasteiger partial charge is 0.219 e. The highest BCUT2D eigenvalue weighted by molar-refractivity contribution is 6.11. The monoisotopic (exact) mass is 311 g/mol. The zero-order valence-electron chi connectivity index (χ0n) is 13.5. The van der Waals surface area contributed by atoms with Crippen molar-refractivity contribution in [1.29, 1.82) is 0 Å². The Hall–Kier alpha value is -2.36. The Bertz CT molecular complexity index is 745. The summed E-state index contributed by atoms with van der Waals surface area (Å²) in [4.78, 5) is 26.3. The zero-order chi connectivity index (χ0) is 16.4. The first-order valence-electron chi connectivity index (χ1n) is 7.97. The summed E-state index contributed by atoms with van der Waals surface area (Å²) in [6.45, 7) is 2.88. The molecule has 0 aromatic heterocycles. The molecule has 0 unspecified atom stereocenters. The van der Waals surface area contributed by atoms with Gasteiger partial charge in [0, 0.05) is 25.9 Å². The Balaban J connectivity index is 1.93. The number of ketones is 1. The minimum absolute atomic E-state index is 0.0506. The summed E-state index contributed by atoms with van der Waals surface area (Å²) in [6.07, 6.45) is 1.43. The Kier molecular flexibility index (Phi) is 4.33. The lowest BCUT2D eigenvalue weighted by Gasteiger charge is -2.31. The van der Waals surface area contributed by atoms with Gasteiger partial charge in [-0.3, -0.25) is 9.59 Å². The summed E-state index contributed by atoms with van der Waals surface area (Å²) in [7, 11) is 1.60. The summed E-state index contributed by atoms with van der Waals surface area (Å²) in [5, 5.41) is 1.98. The van der Waals surface area contributed by atoms with Crippen LogP contribution in [0.4, 0.5) is 0 Å². The van der Waals surface area contributed by atoms with Crippen molar-refractivity contribution in [2.45, 2.75) is 19.8 Å². The van der Waals surface area contributed by atoms with Crippen molar-refractivity contribution in [2.24, 2.45) is 5.92 Å². The molecule has 3 rings (SSSR count). The molecule has 4 heteroatoms. The van der Waals surface area contributed by atoms with E-state index in [4.69, 9.17) is 4.74 Å². The van der Waals surface area contributed by atoms with Gasteiger partial charge in [0.15, 0.2) is 5.78 Å². The fraction of sp³-hybridized carbons (Fsp3) is 0.368. The lowest BCUT2D eigenvalue weighted by molar-refractivity contribution is -0.130. The average molecular weight is 311 g/mol. The summed E-state index contributed by atoms with van der Waals surface area (Å²) in [6, 6.07) is 11.7. The molecule has 0 spiro atoms. The molecule has 2 aromatic rings. The normalized spacial score (nSPS) is 15.7. The van der Waals surface area contributed by atoms with Gasteiger partial charge < -0.3 is 9.64 Å². The van der Waals surface area contributed by atoms with Gasteiger partial charge in [0.05, 0.1) is 12.7 Å².